The van der Waals surface area contributed by atoms with Gasteiger partial charge in [0.25, 0.3) is 5.91 Å². The second kappa shape index (κ2) is 7.40. The Balaban J connectivity index is 1.76. The first-order valence-electron chi connectivity index (χ1n) is 8.49. The van der Waals surface area contributed by atoms with E-state index in [-0.39, 0.29) is 17.9 Å². The smallest absolute Gasteiger partial charge is 0.251 e. The van der Waals surface area contributed by atoms with E-state index in [1.807, 2.05) is 50.2 Å². The maximum atomic E-state index is 12.6. The molecule has 1 N–H and O–H groups in total. The molecular weight excluding hydrogens is 380 g/mol. The molecule has 0 spiro atoms. The minimum atomic E-state index is -0.105. The molecule has 25 heavy (non-hydrogen) atoms. The number of fused-ring (bicyclic) bond motifs is 1. The zero-order chi connectivity index (χ0) is 18.0. The van der Waals surface area contributed by atoms with Crippen LogP contribution < -0.4 is 10.2 Å². The van der Waals surface area contributed by atoms with Gasteiger partial charge in [-0.15, -0.1) is 0 Å². The molecule has 1 aliphatic rings. The zero-order valence-corrected chi connectivity index (χ0v) is 16.0. The summed E-state index contributed by atoms with van der Waals surface area (Å²) in [7, 11) is 0. The topological polar surface area (TPSA) is 49.4 Å². The van der Waals surface area contributed by atoms with Gasteiger partial charge >= 0.3 is 0 Å². The fraction of sp³-hybridized carbons (Fsp3) is 0.300. The first kappa shape index (κ1) is 17.7. The molecule has 4 nitrogen and oxygen atoms in total. The third-order valence-corrected chi connectivity index (χ3v) is 5.28. The van der Waals surface area contributed by atoms with Gasteiger partial charge in [-0.1, -0.05) is 41.1 Å². The number of hydrogen-bond donors (Lipinski definition) is 1. The summed E-state index contributed by atoms with van der Waals surface area (Å²) in [5, 5.41) is 3.04. The van der Waals surface area contributed by atoms with Crippen molar-refractivity contribution in [2.24, 2.45) is 0 Å². The third kappa shape index (κ3) is 3.61. The highest BCUT2D eigenvalue weighted by Crippen LogP contribution is 2.30. The standard InChI is InChI=1S/C20H21BrN2O2/c1-3-19(24)23-11-10-14-12-15(8-9-18(14)23)20(25)22-13(2)16-6-4-5-7-17(16)21/h4-9,12-13H,3,10-11H2,1-2H3,(H,22,25)/t13-/m0/s1. The van der Waals surface area contributed by atoms with Crippen molar-refractivity contribution in [3.8, 4) is 0 Å². The van der Waals surface area contributed by atoms with Crippen LogP contribution in [0.25, 0.3) is 0 Å². The van der Waals surface area contributed by atoms with E-state index < -0.39 is 0 Å². The van der Waals surface area contributed by atoms with Crippen molar-refractivity contribution in [3.05, 3.63) is 63.6 Å². The highest BCUT2D eigenvalue weighted by Gasteiger charge is 2.24. The number of carbonyl (C=O) groups is 2. The lowest BCUT2D eigenvalue weighted by Crippen LogP contribution is -2.28. The molecule has 1 aliphatic heterocycles. The molecule has 0 saturated carbocycles. The molecular formula is C20H21BrN2O2. The predicted octanol–water partition coefficient (Wildman–Crippen LogP) is 4.24. The van der Waals surface area contributed by atoms with Crippen molar-refractivity contribution in [1.29, 1.82) is 0 Å². The maximum Gasteiger partial charge on any atom is 0.251 e. The van der Waals surface area contributed by atoms with Crippen LogP contribution in [0.4, 0.5) is 5.69 Å². The van der Waals surface area contributed by atoms with Crippen molar-refractivity contribution < 1.29 is 9.59 Å². The molecule has 0 saturated heterocycles. The molecule has 5 heteroatoms. The Hall–Kier alpha value is -2.14. The van der Waals surface area contributed by atoms with E-state index >= 15 is 0 Å². The van der Waals surface area contributed by atoms with E-state index in [0.29, 0.717) is 18.5 Å². The summed E-state index contributed by atoms with van der Waals surface area (Å²) in [4.78, 5) is 26.4. The largest absolute Gasteiger partial charge is 0.345 e. The lowest BCUT2D eigenvalue weighted by molar-refractivity contribution is -0.118. The number of carbonyl (C=O) groups excluding carboxylic acids is 2. The van der Waals surface area contributed by atoms with Crippen LogP contribution in [0.5, 0.6) is 0 Å². The van der Waals surface area contributed by atoms with E-state index in [9.17, 15) is 9.59 Å². The van der Waals surface area contributed by atoms with Crippen LogP contribution in [-0.2, 0) is 11.2 Å². The predicted molar refractivity (Wildman–Crippen MR) is 103 cm³/mol. The monoisotopic (exact) mass is 400 g/mol. The fourth-order valence-corrected chi connectivity index (χ4v) is 3.81. The van der Waals surface area contributed by atoms with Crippen LogP contribution >= 0.6 is 15.9 Å². The van der Waals surface area contributed by atoms with Gasteiger partial charge in [0.15, 0.2) is 0 Å². The zero-order valence-electron chi connectivity index (χ0n) is 14.4. The second-order valence-corrected chi connectivity index (χ2v) is 7.06. The maximum absolute atomic E-state index is 12.6. The number of rotatable bonds is 4. The van der Waals surface area contributed by atoms with Gasteiger partial charge in [-0.3, -0.25) is 9.59 Å². The normalized spacial score (nSPS) is 14.1. The summed E-state index contributed by atoms with van der Waals surface area (Å²) in [6, 6.07) is 13.3. The van der Waals surface area contributed by atoms with Crippen molar-refractivity contribution in [3.63, 3.8) is 0 Å². The Kier molecular flexibility index (Phi) is 5.23. The van der Waals surface area contributed by atoms with Crippen molar-refractivity contribution in [2.45, 2.75) is 32.7 Å². The lowest BCUT2D eigenvalue weighted by Gasteiger charge is -2.18. The van der Waals surface area contributed by atoms with E-state index in [1.165, 1.54) is 0 Å². The van der Waals surface area contributed by atoms with Crippen LogP contribution in [0.1, 0.15) is 47.8 Å². The summed E-state index contributed by atoms with van der Waals surface area (Å²) in [6.45, 7) is 4.53. The first-order chi connectivity index (χ1) is 12.0. The Labute approximate surface area is 156 Å². The van der Waals surface area contributed by atoms with Gasteiger partial charge < -0.3 is 10.2 Å². The molecule has 0 fully saturated rings. The highest BCUT2D eigenvalue weighted by atomic mass is 79.9. The van der Waals surface area contributed by atoms with Crippen LogP contribution in [-0.4, -0.2) is 18.4 Å². The molecule has 130 valence electrons. The van der Waals surface area contributed by atoms with Gasteiger partial charge in [0.1, 0.15) is 0 Å². The summed E-state index contributed by atoms with van der Waals surface area (Å²) < 4.78 is 0.977. The molecule has 2 aromatic carbocycles. The molecule has 2 aromatic rings. The molecule has 0 bridgehead atoms. The molecule has 1 heterocycles. The van der Waals surface area contributed by atoms with E-state index in [1.54, 1.807) is 11.0 Å². The van der Waals surface area contributed by atoms with Gasteiger partial charge in [0, 0.05) is 28.7 Å². The van der Waals surface area contributed by atoms with E-state index in [0.717, 1.165) is 27.7 Å². The van der Waals surface area contributed by atoms with Gasteiger partial charge in [-0.05, 0) is 48.7 Å². The Morgan fingerprint density at radius 1 is 1.24 bits per heavy atom. The van der Waals surface area contributed by atoms with Crippen LogP contribution in [0.15, 0.2) is 46.9 Å². The first-order valence-corrected chi connectivity index (χ1v) is 9.29. The van der Waals surface area contributed by atoms with E-state index in [2.05, 4.69) is 21.2 Å². The fourth-order valence-electron chi connectivity index (χ4n) is 3.18. The third-order valence-electron chi connectivity index (χ3n) is 4.56. The summed E-state index contributed by atoms with van der Waals surface area (Å²) in [5.74, 6) is 0.0184. The van der Waals surface area contributed by atoms with Crippen molar-refractivity contribution >= 4 is 33.4 Å². The van der Waals surface area contributed by atoms with Crippen LogP contribution in [0.3, 0.4) is 0 Å². The average Bonchev–Trinajstić information content (AvgIpc) is 3.04. The molecule has 2 amide bonds. The number of nitrogens with one attached hydrogen (secondary N) is 1. The Morgan fingerprint density at radius 2 is 2.00 bits per heavy atom. The number of halogens is 1. The molecule has 0 radical (unpaired) electrons. The van der Waals surface area contributed by atoms with Gasteiger partial charge in [0.05, 0.1) is 6.04 Å². The molecule has 3 rings (SSSR count). The summed E-state index contributed by atoms with van der Waals surface area (Å²) in [5.41, 5.74) is 3.66. The van der Waals surface area contributed by atoms with Gasteiger partial charge in [-0.2, -0.15) is 0 Å². The van der Waals surface area contributed by atoms with Crippen LogP contribution in [0.2, 0.25) is 0 Å². The van der Waals surface area contributed by atoms with E-state index in [4.69, 9.17) is 0 Å². The number of benzene rings is 2. The number of amides is 2. The lowest BCUT2D eigenvalue weighted by atomic mass is 10.1. The molecule has 1 atom stereocenters. The summed E-state index contributed by atoms with van der Waals surface area (Å²) >= 11 is 3.52. The van der Waals surface area contributed by atoms with Crippen LogP contribution in [0, 0.1) is 0 Å². The average molecular weight is 401 g/mol. The van der Waals surface area contributed by atoms with Gasteiger partial charge in [0.2, 0.25) is 5.91 Å². The molecule has 0 unspecified atom stereocenters. The quantitative estimate of drug-likeness (QED) is 0.833. The minimum absolute atomic E-state index is 0.102. The van der Waals surface area contributed by atoms with Crippen molar-refractivity contribution in [1.82, 2.24) is 5.32 Å². The number of anilines is 1. The number of hydrogen-bond acceptors (Lipinski definition) is 2. The highest BCUT2D eigenvalue weighted by molar-refractivity contribution is 9.10. The van der Waals surface area contributed by atoms with Gasteiger partial charge in [-0.25, -0.2) is 0 Å². The molecule has 0 aliphatic carbocycles. The summed E-state index contributed by atoms with van der Waals surface area (Å²) in [6.07, 6.45) is 1.28. The van der Waals surface area contributed by atoms with Crippen molar-refractivity contribution in [2.75, 3.05) is 11.4 Å². The SMILES string of the molecule is CCC(=O)N1CCc2cc(C(=O)N[C@@H](C)c3ccccc3Br)ccc21. The Bertz CT molecular complexity index is 819. The minimum Gasteiger partial charge on any atom is -0.345 e. The Morgan fingerprint density at radius 3 is 2.72 bits per heavy atom. The second-order valence-electron chi connectivity index (χ2n) is 6.21. The molecule has 0 aromatic heterocycles. The number of nitrogens with zero attached hydrogens (tertiary/aromatic N) is 1.